The van der Waals surface area contributed by atoms with E-state index in [0.717, 1.165) is 17.7 Å². The molecule has 0 fully saturated rings. The van der Waals surface area contributed by atoms with Gasteiger partial charge in [-0.25, -0.2) is 0 Å². The van der Waals surface area contributed by atoms with Crippen LogP contribution in [0.4, 0.5) is 0 Å². The fourth-order valence-corrected chi connectivity index (χ4v) is 2.75. The Morgan fingerprint density at radius 1 is 1.05 bits per heavy atom. The standard InChI is InChI=1S/C16H16Cl3NO/c1-2-20-9-12-7-14(18)8-15(19)16(12)21-10-11-4-3-5-13(17)6-11/h3-8,20H,2,9-10H2,1H3. The summed E-state index contributed by atoms with van der Waals surface area (Å²) in [6.07, 6.45) is 0. The molecule has 5 heteroatoms. The fraction of sp³-hybridized carbons (Fsp3) is 0.250. The molecular formula is C16H16Cl3NO. The van der Waals surface area contributed by atoms with Gasteiger partial charge in [0, 0.05) is 22.2 Å². The van der Waals surface area contributed by atoms with Gasteiger partial charge in [0.2, 0.25) is 0 Å². The summed E-state index contributed by atoms with van der Waals surface area (Å²) in [5, 5.41) is 5.05. The van der Waals surface area contributed by atoms with Crippen molar-refractivity contribution < 1.29 is 4.74 Å². The van der Waals surface area contributed by atoms with Gasteiger partial charge in [-0.2, -0.15) is 0 Å². The molecule has 0 saturated carbocycles. The molecule has 0 aliphatic carbocycles. The Kier molecular flexibility index (Phi) is 6.19. The highest BCUT2D eigenvalue weighted by molar-refractivity contribution is 6.35. The van der Waals surface area contributed by atoms with E-state index >= 15 is 0 Å². The van der Waals surface area contributed by atoms with Crippen LogP contribution in [0.15, 0.2) is 36.4 Å². The molecular weight excluding hydrogens is 329 g/mol. The maximum atomic E-state index is 6.25. The second-order valence-electron chi connectivity index (χ2n) is 4.57. The smallest absolute Gasteiger partial charge is 0.142 e. The van der Waals surface area contributed by atoms with Gasteiger partial charge in [0.1, 0.15) is 12.4 Å². The quantitative estimate of drug-likeness (QED) is 0.764. The lowest BCUT2D eigenvalue weighted by Crippen LogP contribution is -2.13. The summed E-state index contributed by atoms with van der Waals surface area (Å²) >= 11 is 18.3. The van der Waals surface area contributed by atoms with Crippen molar-refractivity contribution >= 4 is 34.8 Å². The first-order valence-electron chi connectivity index (χ1n) is 6.66. The van der Waals surface area contributed by atoms with Crippen molar-refractivity contribution in [3.05, 3.63) is 62.6 Å². The minimum Gasteiger partial charge on any atom is -0.487 e. The molecule has 2 rings (SSSR count). The second-order valence-corrected chi connectivity index (χ2v) is 5.85. The van der Waals surface area contributed by atoms with Crippen molar-refractivity contribution in [2.45, 2.75) is 20.1 Å². The molecule has 2 aromatic rings. The van der Waals surface area contributed by atoms with Crippen LogP contribution in [-0.2, 0) is 13.2 Å². The van der Waals surface area contributed by atoms with Crippen LogP contribution in [0.2, 0.25) is 15.1 Å². The van der Waals surface area contributed by atoms with Crippen molar-refractivity contribution in [1.82, 2.24) is 5.32 Å². The van der Waals surface area contributed by atoms with E-state index in [0.29, 0.717) is 34.0 Å². The highest BCUT2D eigenvalue weighted by Crippen LogP contribution is 2.33. The lowest BCUT2D eigenvalue weighted by atomic mass is 10.2. The summed E-state index contributed by atoms with van der Waals surface area (Å²) in [4.78, 5) is 0. The molecule has 2 aromatic carbocycles. The molecule has 0 bridgehead atoms. The van der Waals surface area contributed by atoms with Crippen LogP contribution in [0.25, 0.3) is 0 Å². The number of hydrogen-bond donors (Lipinski definition) is 1. The minimum atomic E-state index is 0.404. The molecule has 0 heterocycles. The summed E-state index contributed by atoms with van der Waals surface area (Å²) < 4.78 is 5.87. The first-order valence-corrected chi connectivity index (χ1v) is 7.79. The molecule has 0 aliphatic rings. The largest absolute Gasteiger partial charge is 0.487 e. The van der Waals surface area contributed by atoms with E-state index in [1.165, 1.54) is 0 Å². The van der Waals surface area contributed by atoms with Crippen molar-refractivity contribution in [1.29, 1.82) is 0 Å². The summed E-state index contributed by atoms with van der Waals surface area (Å²) in [6.45, 7) is 3.96. The van der Waals surface area contributed by atoms with Gasteiger partial charge in [0.25, 0.3) is 0 Å². The molecule has 1 N–H and O–H groups in total. The first kappa shape index (κ1) is 16.4. The van der Waals surface area contributed by atoms with Crippen LogP contribution in [0.3, 0.4) is 0 Å². The van der Waals surface area contributed by atoms with E-state index in [2.05, 4.69) is 5.32 Å². The Bertz CT molecular complexity index is 616. The second kappa shape index (κ2) is 7.90. The maximum absolute atomic E-state index is 6.25. The number of halogens is 3. The molecule has 0 aliphatic heterocycles. The topological polar surface area (TPSA) is 21.3 Å². The Morgan fingerprint density at radius 3 is 2.57 bits per heavy atom. The third-order valence-corrected chi connectivity index (χ3v) is 3.66. The van der Waals surface area contributed by atoms with Gasteiger partial charge in [-0.15, -0.1) is 0 Å². The number of ether oxygens (including phenoxy) is 1. The van der Waals surface area contributed by atoms with Gasteiger partial charge in [0.15, 0.2) is 0 Å². The van der Waals surface area contributed by atoms with E-state index in [1.807, 2.05) is 37.3 Å². The molecule has 0 saturated heterocycles. The maximum Gasteiger partial charge on any atom is 0.142 e. The summed E-state index contributed by atoms with van der Waals surface area (Å²) in [5.74, 6) is 0.655. The van der Waals surface area contributed by atoms with E-state index in [-0.39, 0.29) is 0 Å². The van der Waals surface area contributed by atoms with Gasteiger partial charge < -0.3 is 10.1 Å². The van der Waals surface area contributed by atoms with Crippen LogP contribution in [-0.4, -0.2) is 6.54 Å². The van der Waals surface area contributed by atoms with Gasteiger partial charge in [-0.05, 0) is 36.4 Å². The average Bonchev–Trinajstić information content (AvgIpc) is 2.44. The fourth-order valence-electron chi connectivity index (χ4n) is 1.95. The first-order chi connectivity index (χ1) is 10.1. The summed E-state index contributed by atoms with van der Waals surface area (Å²) in [7, 11) is 0. The molecule has 0 radical (unpaired) electrons. The zero-order valence-electron chi connectivity index (χ0n) is 11.6. The summed E-state index contributed by atoms with van der Waals surface area (Å²) in [5.41, 5.74) is 1.93. The lowest BCUT2D eigenvalue weighted by Gasteiger charge is -2.14. The average molecular weight is 345 g/mol. The highest BCUT2D eigenvalue weighted by atomic mass is 35.5. The van der Waals surface area contributed by atoms with Crippen LogP contribution in [0.5, 0.6) is 5.75 Å². The number of benzene rings is 2. The number of hydrogen-bond acceptors (Lipinski definition) is 2. The van der Waals surface area contributed by atoms with E-state index in [1.54, 1.807) is 6.07 Å². The van der Waals surface area contributed by atoms with Crippen molar-refractivity contribution in [3.63, 3.8) is 0 Å². The predicted molar refractivity (Wildman–Crippen MR) is 89.6 cm³/mol. The van der Waals surface area contributed by atoms with Gasteiger partial charge >= 0.3 is 0 Å². The Labute approximate surface area is 140 Å². The number of nitrogens with one attached hydrogen (secondary N) is 1. The van der Waals surface area contributed by atoms with Crippen molar-refractivity contribution in [3.8, 4) is 5.75 Å². The molecule has 112 valence electrons. The lowest BCUT2D eigenvalue weighted by molar-refractivity contribution is 0.302. The van der Waals surface area contributed by atoms with E-state index in [4.69, 9.17) is 39.5 Å². The Morgan fingerprint density at radius 2 is 1.86 bits per heavy atom. The molecule has 0 aromatic heterocycles. The SMILES string of the molecule is CCNCc1cc(Cl)cc(Cl)c1OCc1cccc(Cl)c1. The van der Waals surface area contributed by atoms with Crippen LogP contribution >= 0.6 is 34.8 Å². The molecule has 2 nitrogen and oxygen atoms in total. The normalized spacial score (nSPS) is 10.7. The van der Waals surface area contributed by atoms with Crippen LogP contribution in [0.1, 0.15) is 18.1 Å². The number of rotatable bonds is 6. The third-order valence-electron chi connectivity index (χ3n) is 2.92. The van der Waals surface area contributed by atoms with Crippen molar-refractivity contribution in [2.24, 2.45) is 0 Å². The zero-order valence-corrected chi connectivity index (χ0v) is 13.9. The highest BCUT2D eigenvalue weighted by Gasteiger charge is 2.11. The Hall–Kier alpha value is -0.930. The van der Waals surface area contributed by atoms with E-state index in [9.17, 15) is 0 Å². The van der Waals surface area contributed by atoms with Crippen molar-refractivity contribution in [2.75, 3.05) is 6.54 Å². The minimum absolute atomic E-state index is 0.404. The summed E-state index contributed by atoms with van der Waals surface area (Å²) in [6, 6.07) is 11.1. The molecule has 21 heavy (non-hydrogen) atoms. The third kappa shape index (κ3) is 4.79. The monoisotopic (exact) mass is 343 g/mol. The van der Waals surface area contributed by atoms with Crippen LogP contribution < -0.4 is 10.1 Å². The Balaban J connectivity index is 2.18. The molecule has 0 amide bonds. The van der Waals surface area contributed by atoms with Crippen LogP contribution in [0, 0.1) is 0 Å². The molecule has 0 spiro atoms. The molecule has 0 atom stereocenters. The zero-order chi connectivity index (χ0) is 15.2. The molecule has 0 unspecified atom stereocenters. The van der Waals surface area contributed by atoms with E-state index < -0.39 is 0 Å². The van der Waals surface area contributed by atoms with Gasteiger partial charge in [-0.1, -0.05) is 53.9 Å². The van der Waals surface area contributed by atoms with Gasteiger partial charge in [-0.3, -0.25) is 0 Å². The predicted octanol–water partition coefficient (Wildman–Crippen LogP) is 5.34. The van der Waals surface area contributed by atoms with Gasteiger partial charge in [0.05, 0.1) is 5.02 Å².